The number of ether oxygens (including phenoxy) is 4. The Morgan fingerprint density at radius 1 is 1.29 bits per heavy atom. The van der Waals surface area contributed by atoms with Gasteiger partial charge >= 0.3 is 6.01 Å². The fraction of sp³-hybridized carbons (Fsp3) is 0.700. The molecule has 0 spiro atoms. The van der Waals surface area contributed by atoms with Gasteiger partial charge in [0.15, 0.2) is 29.0 Å². The van der Waals surface area contributed by atoms with Crippen LogP contribution in [0.15, 0.2) is 6.33 Å². The van der Waals surface area contributed by atoms with Crippen molar-refractivity contribution in [1.29, 1.82) is 0 Å². The largest absolute Gasteiger partial charge is 0.460 e. The van der Waals surface area contributed by atoms with Gasteiger partial charge in [0.2, 0.25) is 0 Å². The van der Waals surface area contributed by atoms with Crippen LogP contribution in [0.1, 0.15) is 52.7 Å². The van der Waals surface area contributed by atoms with Gasteiger partial charge in [0.05, 0.1) is 17.3 Å². The highest BCUT2D eigenvalue weighted by Crippen LogP contribution is 2.44. The highest BCUT2D eigenvalue weighted by molar-refractivity contribution is 7.80. The van der Waals surface area contributed by atoms with E-state index in [0.717, 1.165) is 25.7 Å². The molecule has 3 aliphatic rings. The molecule has 4 heterocycles. The average molecular weight is 450 g/mol. The fourth-order valence-corrected chi connectivity index (χ4v) is 4.77. The number of aliphatic hydroxyl groups is 1. The van der Waals surface area contributed by atoms with Gasteiger partial charge in [-0.3, -0.25) is 4.57 Å². The number of nitrogens with two attached hydrogens (primary N) is 1. The van der Waals surface area contributed by atoms with Crippen LogP contribution in [0.2, 0.25) is 0 Å². The van der Waals surface area contributed by atoms with E-state index in [1.165, 1.54) is 0 Å². The van der Waals surface area contributed by atoms with E-state index in [0.29, 0.717) is 16.0 Å². The average Bonchev–Trinajstić information content (AvgIpc) is 3.45. The van der Waals surface area contributed by atoms with E-state index >= 15 is 0 Å². The first-order valence-electron chi connectivity index (χ1n) is 10.6. The van der Waals surface area contributed by atoms with Crippen molar-refractivity contribution in [1.82, 2.24) is 19.5 Å². The molecule has 2 aliphatic heterocycles. The first-order valence-corrected chi connectivity index (χ1v) is 11.0. The van der Waals surface area contributed by atoms with Gasteiger partial charge in [-0.15, -0.1) is 0 Å². The number of anilines is 1. The van der Waals surface area contributed by atoms with Crippen LogP contribution in [0.25, 0.3) is 11.2 Å². The first kappa shape index (κ1) is 21.0. The number of nitrogen functional groups attached to an aromatic ring is 1. The van der Waals surface area contributed by atoms with Crippen LogP contribution in [-0.4, -0.2) is 65.8 Å². The summed E-state index contributed by atoms with van der Waals surface area (Å²) in [5.74, 6) is -0.573. The molecule has 2 saturated heterocycles. The Morgan fingerprint density at radius 3 is 2.71 bits per heavy atom. The number of fused-ring (bicyclic) bond motifs is 2. The van der Waals surface area contributed by atoms with Gasteiger partial charge in [-0.25, -0.2) is 4.98 Å². The van der Waals surface area contributed by atoms with Crippen molar-refractivity contribution < 1.29 is 24.1 Å². The molecule has 2 aromatic rings. The van der Waals surface area contributed by atoms with Gasteiger partial charge in [-0.05, 0) is 46.5 Å². The third kappa shape index (κ3) is 3.68. The molecule has 11 heteroatoms. The highest BCUT2D eigenvalue weighted by Gasteiger charge is 2.57. The first-order chi connectivity index (χ1) is 14.7. The molecule has 31 heavy (non-hydrogen) atoms. The second-order valence-corrected chi connectivity index (χ2v) is 9.30. The van der Waals surface area contributed by atoms with Crippen LogP contribution in [0.4, 0.5) is 5.82 Å². The summed E-state index contributed by atoms with van der Waals surface area (Å²) in [6.45, 7) is 5.29. The number of aromatic nitrogens is 4. The Kier molecular flexibility index (Phi) is 5.13. The minimum Gasteiger partial charge on any atom is -0.460 e. The number of hydrogen-bond acceptors (Lipinski definition) is 10. The number of thiocarbonyl (C=S) groups is 1. The normalized spacial score (nSPS) is 31.2. The summed E-state index contributed by atoms with van der Waals surface area (Å²) in [5, 5.41) is 10.0. The van der Waals surface area contributed by atoms with Crippen LogP contribution in [0, 0.1) is 0 Å². The Hall–Kier alpha value is -1.92. The van der Waals surface area contributed by atoms with Gasteiger partial charge in [-0.1, -0.05) is 12.2 Å². The molecule has 1 unspecified atom stereocenters. The Labute approximate surface area is 185 Å². The predicted octanol–water partition coefficient (Wildman–Crippen LogP) is 1.90. The monoisotopic (exact) mass is 449 g/mol. The standard InChI is InChI=1S/C20H27N5O5S/c1-9(26)15(31)13-12-14(30-20(2,3)29-12)18(28-13)25-8-22-11-16(21)23-19(24-17(11)25)27-10-6-4-5-7-10/h8-10,12-14,18,26H,4-7H2,1-3H3,(H2,21,23,24)/t9?,12-,13+,14-,18-/m1/s1. The molecule has 3 N–H and O–H groups in total. The lowest BCUT2D eigenvalue weighted by Gasteiger charge is -2.25. The third-order valence-corrected chi connectivity index (χ3v) is 6.57. The van der Waals surface area contributed by atoms with Crippen molar-refractivity contribution in [3.63, 3.8) is 0 Å². The lowest BCUT2D eigenvalue weighted by molar-refractivity contribution is -0.189. The number of imidazole rings is 1. The zero-order chi connectivity index (χ0) is 21.9. The molecule has 1 aliphatic carbocycles. The molecule has 0 amide bonds. The Bertz CT molecular complexity index is 1010. The molecule has 10 nitrogen and oxygen atoms in total. The van der Waals surface area contributed by atoms with E-state index < -0.39 is 36.4 Å². The summed E-state index contributed by atoms with van der Waals surface area (Å²) < 4.78 is 26.2. The Balaban J connectivity index is 1.51. The van der Waals surface area contributed by atoms with Crippen molar-refractivity contribution in [2.24, 2.45) is 0 Å². The quantitative estimate of drug-likeness (QED) is 0.653. The van der Waals surface area contributed by atoms with E-state index in [-0.39, 0.29) is 17.9 Å². The minimum atomic E-state index is -0.823. The van der Waals surface area contributed by atoms with E-state index in [1.54, 1.807) is 17.8 Å². The molecule has 3 fully saturated rings. The van der Waals surface area contributed by atoms with Crippen molar-refractivity contribution in [2.45, 2.75) is 89.0 Å². The van der Waals surface area contributed by atoms with Crippen molar-refractivity contribution >= 4 is 34.1 Å². The summed E-state index contributed by atoms with van der Waals surface area (Å²) in [7, 11) is 0. The number of aliphatic hydroxyl groups excluding tert-OH is 1. The second kappa shape index (κ2) is 7.59. The van der Waals surface area contributed by atoms with Crippen molar-refractivity contribution in [3.05, 3.63) is 6.33 Å². The van der Waals surface area contributed by atoms with E-state index in [1.807, 2.05) is 13.8 Å². The zero-order valence-corrected chi connectivity index (χ0v) is 18.5. The molecule has 5 rings (SSSR count). The summed E-state index contributed by atoms with van der Waals surface area (Å²) in [6, 6.07) is 0.230. The topological polar surface area (TPSA) is 127 Å². The Morgan fingerprint density at radius 2 is 2.00 bits per heavy atom. The van der Waals surface area contributed by atoms with E-state index in [9.17, 15) is 5.11 Å². The SMILES string of the molecule is CC(O)C(=S)[C@H]1O[C@@H](n2cnc3c(N)nc(OC4CCCC4)nc32)[C@@H]2OC(C)(C)O[C@@H]21. The number of hydrogen-bond donors (Lipinski definition) is 2. The molecular weight excluding hydrogens is 422 g/mol. The lowest BCUT2D eigenvalue weighted by atomic mass is 10.1. The smallest absolute Gasteiger partial charge is 0.320 e. The van der Waals surface area contributed by atoms with Crippen LogP contribution in [0.5, 0.6) is 6.01 Å². The number of rotatable bonds is 5. The van der Waals surface area contributed by atoms with Gasteiger partial charge in [-0.2, -0.15) is 9.97 Å². The van der Waals surface area contributed by atoms with Gasteiger partial charge < -0.3 is 29.8 Å². The molecule has 5 atom stereocenters. The van der Waals surface area contributed by atoms with E-state index in [2.05, 4.69) is 15.0 Å². The van der Waals surface area contributed by atoms with Gasteiger partial charge in [0, 0.05) is 0 Å². The maximum Gasteiger partial charge on any atom is 0.320 e. The van der Waals surface area contributed by atoms with Gasteiger partial charge in [0.25, 0.3) is 0 Å². The molecule has 0 aromatic carbocycles. The minimum absolute atomic E-state index is 0.0977. The molecule has 1 saturated carbocycles. The van der Waals surface area contributed by atoms with Crippen LogP contribution < -0.4 is 10.5 Å². The predicted molar refractivity (Wildman–Crippen MR) is 115 cm³/mol. The summed E-state index contributed by atoms with van der Waals surface area (Å²) in [6.07, 6.45) is 2.94. The third-order valence-electron chi connectivity index (χ3n) is 6.00. The molecule has 0 radical (unpaired) electrons. The van der Waals surface area contributed by atoms with Crippen LogP contribution in [0.3, 0.4) is 0 Å². The van der Waals surface area contributed by atoms with E-state index in [4.69, 9.17) is 36.9 Å². The highest BCUT2D eigenvalue weighted by atomic mass is 32.1. The summed E-state index contributed by atoms with van der Waals surface area (Å²) >= 11 is 5.44. The lowest BCUT2D eigenvalue weighted by Crippen LogP contribution is -2.39. The maximum absolute atomic E-state index is 10.0. The molecule has 168 valence electrons. The summed E-state index contributed by atoms with van der Waals surface area (Å²) in [4.78, 5) is 13.6. The van der Waals surface area contributed by atoms with Crippen LogP contribution >= 0.6 is 12.2 Å². The second-order valence-electron chi connectivity index (χ2n) is 8.83. The molecule has 2 aromatic heterocycles. The maximum atomic E-state index is 10.0. The van der Waals surface area contributed by atoms with Crippen molar-refractivity contribution in [2.75, 3.05) is 5.73 Å². The molecular formula is C20H27N5O5S. The summed E-state index contributed by atoms with van der Waals surface area (Å²) in [5.41, 5.74) is 7.10. The van der Waals surface area contributed by atoms with Crippen molar-refractivity contribution in [3.8, 4) is 6.01 Å². The van der Waals surface area contributed by atoms with Crippen LogP contribution in [-0.2, 0) is 14.2 Å². The zero-order valence-electron chi connectivity index (χ0n) is 17.7. The fourth-order valence-electron chi connectivity index (χ4n) is 4.58. The number of nitrogens with zero attached hydrogens (tertiary/aromatic N) is 4. The van der Waals surface area contributed by atoms with Gasteiger partial charge in [0.1, 0.15) is 24.4 Å². The molecule has 0 bridgehead atoms.